The Labute approximate surface area is 410 Å². The lowest BCUT2D eigenvalue weighted by molar-refractivity contribution is 0.590. The van der Waals surface area contributed by atoms with Crippen LogP contribution in [0.1, 0.15) is 105 Å². The van der Waals surface area contributed by atoms with Crippen molar-refractivity contribution in [1.29, 1.82) is 0 Å². The summed E-state index contributed by atoms with van der Waals surface area (Å²) in [6.07, 6.45) is 0. The van der Waals surface area contributed by atoms with E-state index in [-0.39, 0.29) is 21.7 Å². The number of nitrogens with zero attached hydrogens (tertiary/aromatic N) is 3. The number of benzene rings is 9. The van der Waals surface area contributed by atoms with Gasteiger partial charge in [-0.1, -0.05) is 198 Å². The number of rotatable bonds is 7. The predicted octanol–water partition coefficient (Wildman–Crippen LogP) is 19.2. The van der Waals surface area contributed by atoms with Gasteiger partial charge in [-0.3, -0.25) is 0 Å². The maximum atomic E-state index is 2.52. The number of para-hydroxylation sites is 1. The van der Waals surface area contributed by atoms with E-state index in [1.807, 2.05) is 0 Å². The van der Waals surface area contributed by atoms with Crippen molar-refractivity contribution in [2.24, 2.45) is 0 Å². The molecule has 0 unspecified atom stereocenters. The molecular formula is C66H67N3. The van der Waals surface area contributed by atoms with Crippen LogP contribution in [0.25, 0.3) is 49.0 Å². The molecule has 0 amide bonds. The van der Waals surface area contributed by atoms with Crippen LogP contribution in [0.4, 0.5) is 34.1 Å². The van der Waals surface area contributed by atoms with Gasteiger partial charge >= 0.3 is 0 Å². The Hall–Kier alpha value is -7.10. The van der Waals surface area contributed by atoms with Crippen LogP contribution in [0.5, 0.6) is 0 Å². The molecule has 0 fully saturated rings. The van der Waals surface area contributed by atoms with Gasteiger partial charge in [0.25, 0.3) is 0 Å². The van der Waals surface area contributed by atoms with Gasteiger partial charge in [0.05, 0.1) is 22.4 Å². The van der Waals surface area contributed by atoms with Gasteiger partial charge in [0.1, 0.15) is 0 Å². The Morgan fingerprint density at radius 3 is 1.12 bits per heavy atom. The van der Waals surface area contributed by atoms with Gasteiger partial charge in [0.15, 0.2) is 0 Å². The minimum Gasteiger partial charge on any atom is -0.310 e. The van der Waals surface area contributed by atoms with E-state index in [4.69, 9.17) is 0 Å². The minimum atomic E-state index is 0.0257. The standard InChI is InChI=1S/C66H67N3/c1-63(2,3)46-25-33-50(34-26-46)67(51-35-27-47(28-36-51)64(4,5)6)59-43-54(41-44-19-13-15-21-55(44)59)69-58-24-18-17-23-57(58)61-60(69)42-45-20-14-16-22-56(45)62(61)68(52-37-29-48(30-38-52)65(7,8)9)53-39-31-49(32-40-53)66(10,11)12/h13-43H,1-12H3. The van der Waals surface area contributed by atoms with Crippen LogP contribution in [0, 0.1) is 0 Å². The van der Waals surface area contributed by atoms with Gasteiger partial charge in [0, 0.05) is 50.0 Å². The van der Waals surface area contributed by atoms with Gasteiger partial charge in [0.2, 0.25) is 0 Å². The molecule has 0 saturated carbocycles. The van der Waals surface area contributed by atoms with Crippen LogP contribution in [-0.2, 0) is 21.7 Å². The van der Waals surface area contributed by atoms with E-state index in [1.165, 1.54) is 60.3 Å². The summed E-state index contributed by atoms with van der Waals surface area (Å²) in [4.78, 5) is 4.97. The Morgan fingerprint density at radius 2 is 0.681 bits per heavy atom. The van der Waals surface area contributed by atoms with Gasteiger partial charge in [-0.25, -0.2) is 0 Å². The Kier molecular flexibility index (Phi) is 11.1. The van der Waals surface area contributed by atoms with Gasteiger partial charge in [-0.2, -0.15) is 0 Å². The van der Waals surface area contributed by atoms with Crippen molar-refractivity contribution in [2.75, 3.05) is 9.80 Å². The van der Waals surface area contributed by atoms with Gasteiger partial charge in [-0.05, 0) is 127 Å². The van der Waals surface area contributed by atoms with Gasteiger partial charge < -0.3 is 14.4 Å². The highest BCUT2D eigenvalue weighted by molar-refractivity contribution is 6.24. The van der Waals surface area contributed by atoms with Crippen LogP contribution in [0.2, 0.25) is 0 Å². The lowest BCUT2D eigenvalue weighted by Gasteiger charge is -2.30. The zero-order valence-corrected chi connectivity index (χ0v) is 42.7. The van der Waals surface area contributed by atoms with E-state index in [9.17, 15) is 0 Å². The zero-order chi connectivity index (χ0) is 48.6. The van der Waals surface area contributed by atoms with E-state index in [2.05, 4.69) is 286 Å². The summed E-state index contributed by atoms with van der Waals surface area (Å²) in [5, 5.41) is 7.18. The summed E-state index contributed by atoms with van der Waals surface area (Å²) in [5.41, 5.74) is 15.6. The minimum absolute atomic E-state index is 0.0257. The quantitative estimate of drug-likeness (QED) is 0.158. The molecule has 0 radical (unpaired) electrons. The molecule has 3 heteroatoms. The largest absolute Gasteiger partial charge is 0.310 e. The fraction of sp³-hybridized carbons (Fsp3) is 0.242. The molecule has 0 spiro atoms. The highest BCUT2D eigenvalue weighted by Gasteiger charge is 2.27. The summed E-state index contributed by atoms with van der Waals surface area (Å²) in [5.74, 6) is 0. The predicted molar refractivity (Wildman–Crippen MR) is 300 cm³/mol. The summed E-state index contributed by atoms with van der Waals surface area (Å²) >= 11 is 0. The van der Waals surface area contributed by atoms with Gasteiger partial charge in [-0.15, -0.1) is 0 Å². The molecule has 3 nitrogen and oxygen atoms in total. The smallest absolute Gasteiger partial charge is 0.0640 e. The molecule has 1 heterocycles. The Balaban J connectivity index is 1.28. The third kappa shape index (κ3) is 8.47. The molecule has 0 aliphatic rings. The average Bonchev–Trinajstić information content (AvgIpc) is 3.65. The first-order valence-corrected chi connectivity index (χ1v) is 24.8. The van der Waals surface area contributed by atoms with Crippen molar-refractivity contribution >= 4 is 77.5 Å². The third-order valence-electron chi connectivity index (χ3n) is 14.2. The van der Waals surface area contributed by atoms with Crippen molar-refractivity contribution in [3.8, 4) is 5.69 Å². The van der Waals surface area contributed by atoms with Crippen LogP contribution >= 0.6 is 0 Å². The van der Waals surface area contributed by atoms with Crippen LogP contribution in [0.15, 0.2) is 188 Å². The normalized spacial score (nSPS) is 12.6. The molecule has 0 aliphatic carbocycles. The third-order valence-corrected chi connectivity index (χ3v) is 14.2. The highest BCUT2D eigenvalue weighted by Crippen LogP contribution is 2.50. The van der Waals surface area contributed by atoms with Crippen molar-refractivity contribution in [3.63, 3.8) is 0 Å². The zero-order valence-electron chi connectivity index (χ0n) is 42.7. The van der Waals surface area contributed by atoms with Crippen molar-refractivity contribution in [2.45, 2.75) is 105 Å². The summed E-state index contributed by atoms with van der Waals surface area (Å²) in [7, 11) is 0. The molecule has 9 aromatic carbocycles. The second-order valence-corrected chi connectivity index (χ2v) is 23.2. The Morgan fingerprint density at radius 1 is 0.319 bits per heavy atom. The maximum absolute atomic E-state index is 2.52. The molecule has 69 heavy (non-hydrogen) atoms. The molecule has 346 valence electrons. The molecule has 0 saturated heterocycles. The number of aromatic nitrogens is 1. The fourth-order valence-electron chi connectivity index (χ4n) is 10.1. The molecule has 0 bridgehead atoms. The van der Waals surface area contributed by atoms with Crippen molar-refractivity contribution < 1.29 is 0 Å². The summed E-state index contributed by atoms with van der Waals surface area (Å²) in [6, 6.07) is 71.0. The van der Waals surface area contributed by atoms with E-state index in [1.54, 1.807) is 0 Å². The lowest BCUT2D eigenvalue weighted by atomic mass is 9.86. The van der Waals surface area contributed by atoms with Crippen LogP contribution in [-0.4, -0.2) is 4.57 Å². The molecule has 1 aromatic heterocycles. The maximum Gasteiger partial charge on any atom is 0.0640 e. The molecule has 10 aromatic rings. The molecular weight excluding hydrogens is 835 g/mol. The summed E-state index contributed by atoms with van der Waals surface area (Å²) in [6.45, 7) is 27.4. The van der Waals surface area contributed by atoms with E-state index in [0.29, 0.717) is 0 Å². The molecule has 10 rings (SSSR count). The molecule has 0 N–H and O–H groups in total. The number of anilines is 6. The first kappa shape index (κ1) is 45.7. The first-order chi connectivity index (χ1) is 32.8. The first-order valence-electron chi connectivity index (χ1n) is 24.8. The van der Waals surface area contributed by atoms with Crippen molar-refractivity contribution in [1.82, 2.24) is 4.57 Å². The second-order valence-electron chi connectivity index (χ2n) is 23.2. The summed E-state index contributed by atoms with van der Waals surface area (Å²) < 4.78 is 2.52. The van der Waals surface area contributed by atoms with Crippen LogP contribution < -0.4 is 9.80 Å². The van der Waals surface area contributed by atoms with Crippen molar-refractivity contribution in [3.05, 3.63) is 210 Å². The monoisotopic (exact) mass is 902 g/mol. The topological polar surface area (TPSA) is 11.4 Å². The average molecular weight is 902 g/mol. The number of fused-ring (bicyclic) bond motifs is 5. The van der Waals surface area contributed by atoms with Crippen LogP contribution in [0.3, 0.4) is 0 Å². The van der Waals surface area contributed by atoms with E-state index < -0.39 is 0 Å². The number of hydrogen-bond donors (Lipinski definition) is 0. The highest BCUT2D eigenvalue weighted by atomic mass is 15.2. The Bertz CT molecular complexity index is 3370. The van der Waals surface area contributed by atoms with E-state index >= 15 is 0 Å². The number of hydrogen-bond acceptors (Lipinski definition) is 2. The SMILES string of the molecule is CC(C)(C)c1ccc(N(c2ccc(C(C)(C)C)cc2)c2cc(-n3c4ccccc4c4c(N(c5ccc(C(C)(C)C)cc5)c5ccc(C(C)(C)C)cc5)c5ccccc5cc43)cc3ccccc23)cc1. The molecule has 0 aliphatic heterocycles. The lowest BCUT2D eigenvalue weighted by Crippen LogP contribution is -2.15. The second kappa shape index (κ2) is 16.8. The van der Waals surface area contributed by atoms with E-state index in [0.717, 1.165) is 45.2 Å². The molecule has 0 atom stereocenters. The fourth-order valence-corrected chi connectivity index (χ4v) is 10.1.